The Morgan fingerprint density at radius 3 is 3.18 bits per heavy atom. The maximum atomic E-state index is 9.41. The third-order valence-corrected chi connectivity index (χ3v) is 2.63. The second kappa shape index (κ2) is 4.98. The smallest absolute Gasteiger partial charge is 0.104 e. The van der Waals surface area contributed by atoms with Gasteiger partial charge in [-0.15, -0.1) is 0 Å². The predicted molar refractivity (Wildman–Crippen MR) is 44.9 cm³/mol. The lowest BCUT2D eigenvalue weighted by atomic mass is 10.2. The monoisotopic (exact) mass is 178 g/mol. The molecule has 0 bridgehead atoms. The molecule has 2 unspecified atom stereocenters. The molecule has 2 atom stereocenters. The highest BCUT2D eigenvalue weighted by Crippen LogP contribution is 2.15. The molecule has 0 spiro atoms. The van der Waals surface area contributed by atoms with Crippen molar-refractivity contribution in [1.82, 2.24) is 0 Å². The highest BCUT2D eigenvalue weighted by atomic mass is 32.2. The summed E-state index contributed by atoms with van der Waals surface area (Å²) in [7, 11) is 1.58. The minimum absolute atomic E-state index is 0.0336. The van der Waals surface area contributed by atoms with Crippen LogP contribution in [-0.2, 0) is 9.47 Å². The van der Waals surface area contributed by atoms with E-state index >= 15 is 0 Å². The summed E-state index contributed by atoms with van der Waals surface area (Å²) in [5.41, 5.74) is 0. The van der Waals surface area contributed by atoms with Crippen LogP contribution in [-0.4, -0.2) is 49.1 Å². The molecular formula is C7H14O3S. The Balaban J connectivity index is 2.21. The van der Waals surface area contributed by atoms with Crippen LogP contribution < -0.4 is 0 Å². The molecule has 1 N–H and O–H groups in total. The van der Waals surface area contributed by atoms with Crippen LogP contribution in [0.3, 0.4) is 0 Å². The van der Waals surface area contributed by atoms with Crippen molar-refractivity contribution in [3.63, 3.8) is 0 Å². The van der Waals surface area contributed by atoms with E-state index in [0.29, 0.717) is 6.61 Å². The predicted octanol–water partition coefficient (Wildman–Crippen LogP) is 0.126. The van der Waals surface area contributed by atoms with Crippen molar-refractivity contribution < 1.29 is 14.6 Å². The van der Waals surface area contributed by atoms with Gasteiger partial charge in [-0.1, -0.05) is 0 Å². The molecule has 1 aliphatic heterocycles. The van der Waals surface area contributed by atoms with Crippen LogP contribution in [0, 0.1) is 0 Å². The number of hydrogen-bond donors (Lipinski definition) is 1. The molecule has 0 amide bonds. The number of rotatable bonds is 3. The van der Waals surface area contributed by atoms with E-state index < -0.39 is 6.10 Å². The van der Waals surface area contributed by atoms with Crippen LogP contribution in [0.2, 0.25) is 0 Å². The third-order valence-electron chi connectivity index (χ3n) is 1.61. The van der Waals surface area contributed by atoms with Crippen molar-refractivity contribution in [2.75, 3.05) is 31.8 Å². The number of aliphatic hydroxyl groups excluding tert-OH is 1. The van der Waals surface area contributed by atoms with E-state index in [1.54, 1.807) is 7.11 Å². The number of hydrogen-bond acceptors (Lipinski definition) is 4. The normalized spacial score (nSPS) is 28.4. The van der Waals surface area contributed by atoms with Crippen molar-refractivity contribution in [2.45, 2.75) is 12.2 Å². The molecule has 0 radical (unpaired) electrons. The van der Waals surface area contributed by atoms with Gasteiger partial charge in [0.1, 0.15) is 6.10 Å². The molecule has 1 saturated heterocycles. The summed E-state index contributed by atoms with van der Waals surface area (Å²) in [6, 6.07) is 0. The topological polar surface area (TPSA) is 38.7 Å². The quantitative estimate of drug-likeness (QED) is 0.666. The molecular weight excluding hydrogens is 164 g/mol. The maximum absolute atomic E-state index is 9.41. The first kappa shape index (κ1) is 9.32. The van der Waals surface area contributed by atoms with Gasteiger partial charge < -0.3 is 14.6 Å². The number of aliphatic hydroxyl groups is 1. The lowest BCUT2D eigenvalue weighted by Crippen LogP contribution is -2.37. The van der Waals surface area contributed by atoms with Gasteiger partial charge in [0.15, 0.2) is 0 Å². The summed E-state index contributed by atoms with van der Waals surface area (Å²) < 4.78 is 10.2. The molecule has 0 aromatic carbocycles. The van der Waals surface area contributed by atoms with Crippen molar-refractivity contribution in [3.8, 4) is 0 Å². The van der Waals surface area contributed by atoms with Gasteiger partial charge >= 0.3 is 0 Å². The summed E-state index contributed by atoms with van der Waals surface area (Å²) >= 11 is 1.82. The fourth-order valence-corrected chi connectivity index (χ4v) is 1.94. The van der Waals surface area contributed by atoms with Crippen LogP contribution >= 0.6 is 11.8 Å². The van der Waals surface area contributed by atoms with Gasteiger partial charge in [-0.25, -0.2) is 0 Å². The Hall–Kier alpha value is 0.230. The minimum atomic E-state index is -0.465. The molecule has 1 rings (SSSR count). The van der Waals surface area contributed by atoms with Crippen LogP contribution in [0.4, 0.5) is 0 Å². The molecule has 11 heavy (non-hydrogen) atoms. The number of methoxy groups -OCH3 is 1. The molecule has 4 heteroatoms. The molecule has 0 aliphatic carbocycles. The van der Waals surface area contributed by atoms with Gasteiger partial charge in [0.05, 0.1) is 19.3 Å². The molecule has 0 aromatic rings. The fourth-order valence-electron chi connectivity index (χ4n) is 1.01. The van der Waals surface area contributed by atoms with E-state index in [0.717, 1.165) is 18.1 Å². The zero-order chi connectivity index (χ0) is 8.10. The number of thioether (sulfide) groups is 1. The van der Waals surface area contributed by atoms with E-state index in [-0.39, 0.29) is 6.10 Å². The van der Waals surface area contributed by atoms with Gasteiger partial charge in [-0.05, 0) is 0 Å². The van der Waals surface area contributed by atoms with Crippen LogP contribution in [0.15, 0.2) is 0 Å². The standard InChI is InChI=1S/C7H14O3S/c1-9-4-6(8)7-5-11-3-2-10-7/h6-8H,2-5H2,1H3. The summed E-state index contributed by atoms with van der Waals surface area (Å²) in [6.07, 6.45) is -0.499. The van der Waals surface area contributed by atoms with Gasteiger partial charge in [0.25, 0.3) is 0 Å². The van der Waals surface area contributed by atoms with E-state index in [1.165, 1.54) is 0 Å². The molecule has 1 heterocycles. The lowest BCUT2D eigenvalue weighted by molar-refractivity contribution is -0.0521. The van der Waals surface area contributed by atoms with Crippen LogP contribution in [0.5, 0.6) is 0 Å². The first-order valence-corrected chi connectivity index (χ1v) is 4.86. The summed E-state index contributed by atoms with van der Waals surface area (Å²) in [5, 5.41) is 9.41. The molecule has 1 aliphatic rings. The third kappa shape index (κ3) is 2.99. The highest BCUT2D eigenvalue weighted by Gasteiger charge is 2.22. The summed E-state index contributed by atoms with van der Waals surface area (Å²) in [5.74, 6) is 1.92. The van der Waals surface area contributed by atoms with Crippen molar-refractivity contribution in [2.24, 2.45) is 0 Å². The van der Waals surface area contributed by atoms with Gasteiger partial charge in [0, 0.05) is 18.6 Å². The molecule has 1 fully saturated rings. The second-order valence-electron chi connectivity index (χ2n) is 2.51. The zero-order valence-corrected chi connectivity index (χ0v) is 7.47. The van der Waals surface area contributed by atoms with Gasteiger partial charge in [-0.2, -0.15) is 11.8 Å². The minimum Gasteiger partial charge on any atom is -0.388 e. The maximum Gasteiger partial charge on any atom is 0.104 e. The molecule has 66 valence electrons. The summed E-state index contributed by atoms with van der Waals surface area (Å²) in [4.78, 5) is 0. The van der Waals surface area contributed by atoms with Crippen LogP contribution in [0.25, 0.3) is 0 Å². The zero-order valence-electron chi connectivity index (χ0n) is 6.66. The Bertz CT molecular complexity index is 104. The Morgan fingerprint density at radius 2 is 2.64 bits per heavy atom. The van der Waals surface area contributed by atoms with Gasteiger partial charge in [0.2, 0.25) is 0 Å². The molecule has 0 saturated carbocycles. The van der Waals surface area contributed by atoms with Crippen molar-refractivity contribution >= 4 is 11.8 Å². The second-order valence-corrected chi connectivity index (χ2v) is 3.66. The lowest BCUT2D eigenvalue weighted by Gasteiger charge is -2.26. The Kier molecular flexibility index (Phi) is 4.22. The summed E-state index contributed by atoms with van der Waals surface area (Å²) in [6.45, 7) is 1.11. The SMILES string of the molecule is COCC(O)C1CSCCO1. The average molecular weight is 178 g/mol. The fraction of sp³-hybridized carbons (Fsp3) is 1.00. The highest BCUT2D eigenvalue weighted by molar-refractivity contribution is 7.99. The van der Waals surface area contributed by atoms with E-state index in [1.807, 2.05) is 11.8 Å². The van der Waals surface area contributed by atoms with E-state index in [9.17, 15) is 5.11 Å². The molecule has 0 aromatic heterocycles. The Labute approximate surface area is 71.1 Å². The first-order valence-electron chi connectivity index (χ1n) is 3.71. The van der Waals surface area contributed by atoms with Crippen molar-refractivity contribution in [1.29, 1.82) is 0 Å². The van der Waals surface area contributed by atoms with Crippen molar-refractivity contribution in [3.05, 3.63) is 0 Å². The largest absolute Gasteiger partial charge is 0.388 e. The van der Waals surface area contributed by atoms with E-state index in [2.05, 4.69) is 0 Å². The van der Waals surface area contributed by atoms with E-state index in [4.69, 9.17) is 9.47 Å². The first-order chi connectivity index (χ1) is 5.34. The average Bonchev–Trinajstić information content (AvgIpc) is 2.07. The van der Waals surface area contributed by atoms with Crippen LogP contribution in [0.1, 0.15) is 0 Å². The molecule has 3 nitrogen and oxygen atoms in total. The number of ether oxygens (including phenoxy) is 2. The van der Waals surface area contributed by atoms with Gasteiger partial charge in [-0.3, -0.25) is 0 Å². The Morgan fingerprint density at radius 1 is 1.82 bits per heavy atom.